The van der Waals surface area contributed by atoms with Gasteiger partial charge >= 0.3 is 5.97 Å². The van der Waals surface area contributed by atoms with E-state index in [1.807, 2.05) is 13.8 Å². The maximum Gasteiger partial charge on any atom is 0.356 e. The quantitative estimate of drug-likeness (QED) is 0.935. The third-order valence-corrected chi connectivity index (χ3v) is 3.58. The van der Waals surface area contributed by atoms with Crippen molar-refractivity contribution in [1.82, 2.24) is 19.6 Å². The first-order valence-corrected chi connectivity index (χ1v) is 5.74. The number of halogens is 1. The minimum Gasteiger partial charge on any atom is -0.476 e. The van der Waals surface area contributed by atoms with Gasteiger partial charge in [-0.3, -0.25) is 4.68 Å². The van der Waals surface area contributed by atoms with Crippen molar-refractivity contribution in [2.75, 3.05) is 0 Å². The van der Waals surface area contributed by atoms with Gasteiger partial charge < -0.3 is 5.11 Å². The van der Waals surface area contributed by atoms with Crippen molar-refractivity contribution in [3.05, 3.63) is 33.8 Å². The number of hydrogen-bond acceptors (Lipinski definition) is 3. The summed E-state index contributed by atoms with van der Waals surface area (Å²) in [7, 11) is 0. The van der Waals surface area contributed by atoms with E-state index in [-0.39, 0.29) is 5.69 Å². The SMILES string of the molecule is Cc1nn(Cn2ccc(C(=O)O)n2)c(C)c1Br. The molecule has 0 aliphatic carbocycles. The molecule has 0 saturated carbocycles. The Bertz CT molecular complexity index is 573. The van der Waals surface area contributed by atoms with E-state index in [4.69, 9.17) is 5.11 Å². The number of hydrogen-bond donors (Lipinski definition) is 1. The molecular weight excluding hydrogens is 288 g/mol. The molecule has 90 valence electrons. The van der Waals surface area contributed by atoms with Gasteiger partial charge in [0.05, 0.1) is 15.9 Å². The van der Waals surface area contributed by atoms with Crippen molar-refractivity contribution in [3.63, 3.8) is 0 Å². The average molecular weight is 299 g/mol. The van der Waals surface area contributed by atoms with Crippen molar-refractivity contribution < 1.29 is 9.90 Å². The molecule has 0 spiro atoms. The van der Waals surface area contributed by atoms with E-state index in [9.17, 15) is 4.79 Å². The van der Waals surface area contributed by atoms with Gasteiger partial charge in [0.2, 0.25) is 0 Å². The lowest BCUT2D eigenvalue weighted by Gasteiger charge is -2.04. The highest BCUT2D eigenvalue weighted by atomic mass is 79.9. The van der Waals surface area contributed by atoms with E-state index in [1.54, 1.807) is 10.9 Å². The van der Waals surface area contributed by atoms with Crippen LogP contribution in [0.25, 0.3) is 0 Å². The Morgan fingerprint density at radius 2 is 2.18 bits per heavy atom. The summed E-state index contributed by atoms with van der Waals surface area (Å²) in [5.41, 5.74) is 1.91. The molecule has 0 bridgehead atoms. The third kappa shape index (κ3) is 2.23. The number of nitrogens with zero attached hydrogens (tertiary/aromatic N) is 4. The van der Waals surface area contributed by atoms with Crippen LogP contribution in [-0.2, 0) is 6.67 Å². The number of aromatic carboxylic acids is 1. The molecule has 1 N–H and O–H groups in total. The zero-order valence-electron chi connectivity index (χ0n) is 9.38. The second kappa shape index (κ2) is 4.33. The number of carbonyl (C=O) groups is 1. The topological polar surface area (TPSA) is 72.9 Å². The number of carboxylic acid groups (broad SMARTS) is 1. The van der Waals surface area contributed by atoms with Crippen molar-refractivity contribution in [2.45, 2.75) is 20.5 Å². The van der Waals surface area contributed by atoms with Gasteiger partial charge in [0.25, 0.3) is 0 Å². The van der Waals surface area contributed by atoms with Crippen molar-refractivity contribution in [2.24, 2.45) is 0 Å². The van der Waals surface area contributed by atoms with Crippen LogP contribution < -0.4 is 0 Å². The van der Waals surface area contributed by atoms with Gasteiger partial charge in [0, 0.05) is 6.20 Å². The minimum absolute atomic E-state index is 0.0330. The highest BCUT2D eigenvalue weighted by Crippen LogP contribution is 2.19. The first-order valence-electron chi connectivity index (χ1n) is 4.95. The van der Waals surface area contributed by atoms with Crippen LogP contribution in [0.4, 0.5) is 0 Å². The van der Waals surface area contributed by atoms with Crippen LogP contribution in [0.3, 0.4) is 0 Å². The van der Waals surface area contributed by atoms with Gasteiger partial charge in [-0.25, -0.2) is 9.48 Å². The molecule has 0 atom stereocenters. The largest absolute Gasteiger partial charge is 0.476 e. The minimum atomic E-state index is -1.03. The smallest absolute Gasteiger partial charge is 0.356 e. The van der Waals surface area contributed by atoms with E-state index < -0.39 is 5.97 Å². The first kappa shape index (κ1) is 11.8. The fraction of sp³-hybridized carbons (Fsp3) is 0.300. The Kier molecular flexibility index (Phi) is 3.01. The predicted molar refractivity (Wildman–Crippen MR) is 64.0 cm³/mol. The Hall–Kier alpha value is -1.63. The van der Waals surface area contributed by atoms with E-state index in [0.29, 0.717) is 6.67 Å². The molecule has 0 unspecified atom stereocenters. The molecule has 6 nitrogen and oxygen atoms in total. The molecule has 0 saturated heterocycles. The Balaban J connectivity index is 2.25. The highest BCUT2D eigenvalue weighted by molar-refractivity contribution is 9.10. The maximum atomic E-state index is 10.7. The molecule has 17 heavy (non-hydrogen) atoms. The molecular formula is C10H11BrN4O2. The molecule has 0 aromatic carbocycles. The summed E-state index contributed by atoms with van der Waals surface area (Å²) in [5, 5.41) is 17.0. The van der Waals surface area contributed by atoms with Crippen molar-refractivity contribution in [3.8, 4) is 0 Å². The van der Waals surface area contributed by atoms with Crippen molar-refractivity contribution in [1.29, 1.82) is 0 Å². The van der Waals surface area contributed by atoms with Gasteiger partial charge in [-0.05, 0) is 35.8 Å². The van der Waals surface area contributed by atoms with E-state index in [0.717, 1.165) is 15.9 Å². The summed E-state index contributed by atoms with van der Waals surface area (Å²) in [4.78, 5) is 10.7. The van der Waals surface area contributed by atoms with Gasteiger partial charge in [-0.15, -0.1) is 0 Å². The molecule has 2 aromatic rings. The number of aryl methyl sites for hydroxylation is 1. The monoisotopic (exact) mass is 298 g/mol. The summed E-state index contributed by atoms with van der Waals surface area (Å²) in [6, 6.07) is 1.46. The van der Waals surface area contributed by atoms with Crippen LogP contribution in [0.2, 0.25) is 0 Å². The molecule has 0 aliphatic heterocycles. The van der Waals surface area contributed by atoms with Crippen LogP contribution in [0.1, 0.15) is 21.9 Å². The van der Waals surface area contributed by atoms with Crippen LogP contribution in [0, 0.1) is 13.8 Å². The summed E-state index contributed by atoms with van der Waals surface area (Å²) >= 11 is 3.43. The molecule has 2 aromatic heterocycles. The second-order valence-electron chi connectivity index (χ2n) is 3.67. The van der Waals surface area contributed by atoms with E-state index in [2.05, 4.69) is 26.1 Å². The van der Waals surface area contributed by atoms with Crippen LogP contribution in [0.15, 0.2) is 16.7 Å². The molecule has 2 rings (SSSR count). The zero-order chi connectivity index (χ0) is 12.6. The molecule has 2 heterocycles. The predicted octanol–water partition coefficient (Wildman–Crippen LogP) is 1.66. The standard InChI is InChI=1S/C10H11BrN4O2/c1-6-9(11)7(2)15(12-6)5-14-4-3-8(13-14)10(16)17/h3-4H,5H2,1-2H3,(H,16,17). The summed E-state index contributed by atoms with van der Waals surface area (Å²) < 4.78 is 4.26. The third-order valence-electron chi connectivity index (χ3n) is 2.43. The van der Waals surface area contributed by atoms with Crippen LogP contribution >= 0.6 is 15.9 Å². The maximum absolute atomic E-state index is 10.7. The zero-order valence-corrected chi connectivity index (χ0v) is 11.0. The highest BCUT2D eigenvalue weighted by Gasteiger charge is 2.10. The lowest BCUT2D eigenvalue weighted by molar-refractivity contribution is 0.0689. The Labute approximate surface area is 106 Å². The van der Waals surface area contributed by atoms with Gasteiger partial charge in [0.1, 0.15) is 6.67 Å². The van der Waals surface area contributed by atoms with Gasteiger partial charge in [0.15, 0.2) is 5.69 Å². The molecule has 7 heteroatoms. The lowest BCUT2D eigenvalue weighted by Crippen LogP contribution is -2.12. The summed E-state index contributed by atoms with van der Waals surface area (Å²) in [6.45, 7) is 4.23. The first-order chi connectivity index (χ1) is 7.99. The molecule has 0 radical (unpaired) electrons. The van der Waals surface area contributed by atoms with Crippen molar-refractivity contribution >= 4 is 21.9 Å². The molecule has 0 amide bonds. The summed E-state index contributed by atoms with van der Waals surface area (Å²) in [6.07, 6.45) is 1.62. The lowest BCUT2D eigenvalue weighted by atomic mass is 10.4. The average Bonchev–Trinajstić information content (AvgIpc) is 2.82. The molecule has 0 aliphatic rings. The van der Waals surface area contributed by atoms with Crippen LogP contribution in [0.5, 0.6) is 0 Å². The van der Waals surface area contributed by atoms with Crippen LogP contribution in [-0.4, -0.2) is 30.6 Å². The van der Waals surface area contributed by atoms with Gasteiger partial charge in [-0.2, -0.15) is 10.2 Å². The number of rotatable bonds is 3. The molecule has 0 fully saturated rings. The Morgan fingerprint density at radius 1 is 1.47 bits per heavy atom. The number of aromatic nitrogens is 4. The van der Waals surface area contributed by atoms with Gasteiger partial charge in [-0.1, -0.05) is 0 Å². The normalized spacial score (nSPS) is 10.8. The number of carboxylic acids is 1. The fourth-order valence-corrected chi connectivity index (χ4v) is 1.79. The van der Waals surface area contributed by atoms with E-state index in [1.165, 1.54) is 10.7 Å². The van der Waals surface area contributed by atoms with E-state index >= 15 is 0 Å². The summed E-state index contributed by atoms with van der Waals surface area (Å²) in [5.74, 6) is -1.03. The fourth-order valence-electron chi connectivity index (χ4n) is 1.50. The second-order valence-corrected chi connectivity index (χ2v) is 4.46. The Morgan fingerprint density at radius 3 is 2.65 bits per heavy atom.